The van der Waals surface area contributed by atoms with E-state index in [1.807, 2.05) is 60.7 Å². The number of aromatic nitrogens is 1. The number of nitriles is 1. The summed E-state index contributed by atoms with van der Waals surface area (Å²) < 4.78 is 10.8. The number of nitrogens with zero attached hydrogens (tertiary/aromatic N) is 1. The van der Waals surface area contributed by atoms with Crippen LogP contribution in [0.4, 0.5) is 0 Å². The molecule has 5 heteroatoms. The molecule has 0 radical (unpaired) electrons. The first-order chi connectivity index (χ1) is 14.7. The topological polar surface area (TPSA) is 75.1 Å². The normalized spacial score (nSPS) is 11.8. The van der Waals surface area contributed by atoms with E-state index in [0.717, 1.165) is 22.3 Å². The van der Waals surface area contributed by atoms with Crippen molar-refractivity contribution in [3.8, 4) is 51.1 Å². The highest BCUT2D eigenvalue weighted by Gasteiger charge is 2.17. The number of hydrogen-bond acceptors (Lipinski definition) is 4. The minimum absolute atomic E-state index is 0.0681. The maximum atomic E-state index is 12.6. The summed E-state index contributed by atoms with van der Waals surface area (Å²) in [4.78, 5) is 15.5. The predicted molar refractivity (Wildman–Crippen MR) is 114 cm³/mol. The van der Waals surface area contributed by atoms with Crippen molar-refractivity contribution in [2.75, 3.05) is 6.79 Å². The Morgan fingerprint density at radius 2 is 1.43 bits per heavy atom. The second-order valence-electron chi connectivity index (χ2n) is 6.92. The van der Waals surface area contributed by atoms with Crippen molar-refractivity contribution in [3.63, 3.8) is 0 Å². The molecule has 1 N–H and O–H groups in total. The highest BCUT2D eigenvalue weighted by Crippen LogP contribution is 2.37. The Balaban J connectivity index is 1.59. The molecule has 1 aliphatic rings. The molecule has 0 fully saturated rings. The zero-order valence-electron chi connectivity index (χ0n) is 15.9. The highest BCUT2D eigenvalue weighted by molar-refractivity contribution is 5.77. The van der Waals surface area contributed by atoms with Crippen LogP contribution in [0, 0.1) is 11.3 Å². The Kier molecular flexibility index (Phi) is 4.30. The molecule has 0 saturated carbocycles. The lowest BCUT2D eigenvalue weighted by atomic mass is 9.97. The van der Waals surface area contributed by atoms with Gasteiger partial charge in [0.1, 0.15) is 11.6 Å². The average Bonchev–Trinajstić information content (AvgIpc) is 3.27. The number of pyridine rings is 1. The Bertz CT molecular complexity index is 1330. The maximum absolute atomic E-state index is 12.6. The highest BCUT2D eigenvalue weighted by atomic mass is 16.7. The summed E-state index contributed by atoms with van der Waals surface area (Å²) >= 11 is 0. The van der Waals surface area contributed by atoms with Crippen molar-refractivity contribution in [3.05, 3.63) is 94.8 Å². The van der Waals surface area contributed by atoms with E-state index in [2.05, 4.69) is 17.1 Å². The molecule has 1 aliphatic heterocycles. The van der Waals surface area contributed by atoms with Gasteiger partial charge in [0, 0.05) is 11.3 Å². The van der Waals surface area contributed by atoms with Crippen molar-refractivity contribution in [2.45, 2.75) is 0 Å². The lowest BCUT2D eigenvalue weighted by molar-refractivity contribution is 0.174. The summed E-state index contributed by atoms with van der Waals surface area (Å²) in [6.45, 7) is 0.165. The van der Waals surface area contributed by atoms with Gasteiger partial charge in [-0.05, 0) is 40.5 Å². The molecule has 144 valence electrons. The molecule has 0 saturated heterocycles. The van der Waals surface area contributed by atoms with E-state index in [9.17, 15) is 10.1 Å². The van der Waals surface area contributed by atoms with Crippen LogP contribution in [0.15, 0.2) is 83.7 Å². The number of hydrogen-bond donors (Lipinski definition) is 1. The molecular formula is C25H16N2O3. The molecule has 1 aromatic heterocycles. The Labute approximate surface area is 172 Å². The maximum Gasteiger partial charge on any atom is 0.266 e. The molecule has 3 aromatic carbocycles. The van der Waals surface area contributed by atoms with E-state index in [4.69, 9.17) is 9.47 Å². The van der Waals surface area contributed by atoms with Gasteiger partial charge in [-0.2, -0.15) is 5.26 Å². The van der Waals surface area contributed by atoms with Gasteiger partial charge >= 0.3 is 0 Å². The minimum atomic E-state index is -0.421. The molecule has 0 amide bonds. The van der Waals surface area contributed by atoms with Crippen LogP contribution in [0.25, 0.3) is 33.5 Å². The standard InChI is InChI=1S/C25H16N2O3/c26-14-21-20(19-10-11-23-24(12-19)30-15-29-23)13-22(27-25(21)28)18-8-6-17(7-9-18)16-4-2-1-3-5-16/h1-13H,15H2,(H,27,28). The van der Waals surface area contributed by atoms with Crippen molar-refractivity contribution < 1.29 is 9.47 Å². The number of ether oxygens (including phenoxy) is 2. The van der Waals surface area contributed by atoms with Gasteiger partial charge in [-0.1, -0.05) is 60.7 Å². The molecule has 5 rings (SSSR count). The van der Waals surface area contributed by atoms with Gasteiger partial charge < -0.3 is 14.5 Å². The zero-order valence-corrected chi connectivity index (χ0v) is 15.9. The summed E-state index contributed by atoms with van der Waals surface area (Å²) in [7, 11) is 0. The van der Waals surface area contributed by atoms with E-state index in [0.29, 0.717) is 22.8 Å². The first kappa shape index (κ1) is 17.8. The first-order valence-corrected chi connectivity index (χ1v) is 9.46. The van der Waals surface area contributed by atoms with Gasteiger partial charge in [0.2, 0.25) is 6.79 Å². The third-order valence-corrected chi connectivity index (χ3v) is 5.13. The van der Waals surface area contributed by atoms with E-state index < -0.39 is 5.56 Å². The van der Waals surface area contributed by atoms with Crippen LogP contribution in [-0.4, -0.2) is 11.8 Å². The number of aromatic amines is 1. The predicted octanol–water partition coefficient (Wildman–Crippen LogP) is 4.98. The van der Waals surface area contributed by atoms with Crippen LogP contribution in [0.5, 0.6) is 11.5 Å². The van der Waals surface area contributed by atoms with Crippen molar-refractivity contribution in [1.29, 1.82) is 5.26 Å². The van der Waals surface area contributed by atoms with Crippen molar-refractivity contribution in [2.24, 2.45) is 0 Å². The Morgan fingerprint density at radius 3 is 2.20 bits per heavy atom. The zero-order chi connectivity index (χ0) is 20.5. The number of rotatable bonds is 3. The number of benzene rings is 3. The summed E-state index contributed by atoms with van der Waals surface area (Å²) in [5.74, 6) is 1.25. The van der Waals surface area contributed by atoms with Gasteiger partial charge in [-0.3, -0.25) is 4.79 Å². The quantitative estimate of drug-likeness (QED) is 0.534. The van der Waals surface area contributed by atoms with Crippen molar-refractivity contribution >= 4 is 0 Å². The molecular weight excluding hydrogens is 376 g/mol. The Hall–Kier alpha value is -4.30. The van der Waals surface area contributed by atoms with Crippen LogP contribution in [-0.2, 0) is 0 Å². The molecule has 0 atom stereocenters. The molecule has 0 unspecified atom stereocenters. The fraction of sp³-hybridized carbons (Fsp3) is 0.0400. The smallest absolute Gasteiger partial charge is 0.266 e. The van der Waals surface area contributed by atoms with Gasteiger partial charge in [-0.15, -0.1) is 0 Å². The average molecular weight is 392 g/mol. The molecule has 0 spiro atoms. The molecule has 0 aliphatic carbocycles. The fourth-order valence-electron chi connectivity index (χ4n) is 3.59. The molecule has 5 nitrogen and oxygen atoms in total. The van der Waals surface area contributed by atoms with Crippen LogP contribution in [0.1, 0.15) is 5.56 Å². The molecule has 0 bridgehead atoms. The third kappa shape index (κ3) is 3.11. The van der Waals surface area contributed by atoms with Crippen LogP contribution in [0.2, 0.25) is 0 Å². The number of fused-ring (bicyclic) bond motifs is 1. The SMILES string of the molecule is N#Cc1c(-c2ccc3c(c2)OCO3)cc(-c2ccc(-c3ccccc3)cc2)[nH]c1=O. The lowest BCUT2D eigenvalue weighted by Gasteiger charge is -2.10. The van der Waals surface area contributed by atoms with E-state index in [-0.39, 0.29) is 12.4 Å². The van der Waals surface area contributed by atoms with E-state index in [1.165, 1.54) is 0 Å². The summed E-state index contributed by atoms with van der Waals surface area (Å²) in [5.41, 5.74) is 4.65. The summed E-state index contributed by atoms with van der Waals surface area (Å²) in [6, 6.07) is 27.3. The summed E-state index contributed by atoms with van der Waals surface area (Å²) in [5, 5.41) is 9.55. The second-order valence-corrected chi connectivity index (χ2v) is 6.92. The van der Waals surface area contributed by atoms with E-state index in [1.54, 1.807) is 12.1 Å². The van der Waals surface area contributed by atoms with Gasteiger partial charge in [0.15, 0.2) is 11.5 Å². The first-order valence-electron chi connectivity index (χ1n) is 9.46. The van der Waals surface area contributed by atoms with Gasteiger partial charge in [-0.25, -0.2) is 0 Å². The number of H-pyrrole nitrogens is 1. The van der Waals surface area contributed by atoms with Crippen molar-refractivity contribution in [1.82, 2.24) is 4.98 Å². The van der Waals surface area contributed by atoms with Crippen LogP contribution in [0.3, 0.4) is 0 Å². The lowest BCUT2D eigenvalue weighted by Crippen LogP contribution is -2.12. The molecule has 30 heavy (non-hydrogen) atoms. The molecule has 2 heterocycles. The van der Waals surface area contributed by atoms with Crippen LogP contribution < -0.4 is 15.0 Å². The Morgan fingerprint density at radius 1 is 0.767 bits per heavy atom. The van der Waals surface area contributed by atoms with E-state index >= 15 is 0 Å². The van der Waals surface area contributed by atoms with Gasteiger partial charge in [0.25, 0.3) is 5.56 Å². The third-order valence-electron chi connectivity index (χ3n) is 5.13. The fourth-order valence-corrected chi connectivity index (χ4v) is 3.59. The summed E-state index contributed by atoms with van der Waals surface area (Å²) in [6.07, 6.45) is 0. The van der Waals surface area contributed by atoms with Gasteiger partial charge in [0.05, 0.1) is 0 Å². The monoisotopic (exact) mass is 392 g/mol. The largest absolute Gasteiger partial charge is 0.454 e. The van der Waals surface area contributed by atoms with Crippen LogP contribution >= 0.6 is 0 Å². The molecule has 4 aromatic rings. The second kappa shape index (κ2) is 7.26. The minimum Gasteiger partial charge on any atom is -0.454 e. The number of nitrogens with one attached hydrogen (secondary N) is 1.